The lowest BCUT2D eigenvalue weighted by molar-refractivity contribution is -0.142. The van der Waals surface area contributed by atoms with Crippen LogP contribution in [-0.2, 0) is 27.2 Å². The number of esters is 2. The standard InChI is InChI=1S/C49H59NO8/c1-8-48(54)24-20-39-37-14-10-29-26-31(12-16-33(29)35(37)18-22-46(39,48)6)56-42(51)28-41(50-44(53)58-45(3,4)5)43(52)57-32-13-17-34-30(27-32)11-15-38-36(34)19-23-47(7)40(38)21-25-49(47,55)9-2/h1-2,12-13,16-17,26-27,35-41,54-55H,10-11,14-15,18-25,28H2,3-7H3,(H,50,53)/t35?,36?,37?,38?,39?,40?,41?,46-,47-,48-,49-/m0/s1. The molecule has 6 aliphatic rings. The van der Waals surface area contributed by atoms with Gasteiger partial charge in [0.05, 0.1) is 6.42 Å². The zero-order valence-electron chi connectivity index (χ0n) is 34.7. The van der Waals surface area contributed by atoms with E-state index in [1.165, 1.54) is 11.1 Å². The number of aliphatic hydroxyl groups is 2. The average Bonchev–Trinajstić information content (AvgIpc) is 3.62. The second-order valence-corrected chi connectivity index (χ2v) is 19.8. The highest BCUT2D eigenvalue weighted by Crippen LogP contribution is 2.65. The van der Waals surface area contributed by atoms with Crippen molar-refractivity contribution < 1.29 is 38.8 Å². The molecule has 3 N–H and O–H groups in total. The van der Waals surface area contributed by atoms with E-state index < -0.39 is 47.3 Å². The van der Waals surface area contributed by atoms with Gasteiger partial charge < -0.3 is 29.7 Å². The van der Waals surface area contributed by atoms with Crippen LogP contribution in [0.25, 0.3) is 0 Å². The van der Waals surface area contributed by atoms with Gasteiger partial charge in [0.1, 0.15) is 34.3 Å². The van der Waals surface area contributed by atoms with Gasteiger partial charge in [-0.2, -0.15) is 0 Å². The van der Waals surface area contributed by atoms with Crippen LogP contribution in [0.3, 0.4) is 0 Å². The first kappa shape index (κ1) is 40.5. The first-order chi connectivity index (χ1) is 27.4. The first-order valence-corrected chi connectivity index (χ1v) is 21.5. The summed E-state index contributed by atoms with van der Waals surface area (Å²) in [5.41, 5.74) is 1.26. The number of ether oxygens (including phenoxy) is 3. The van der Waals surface area contributed by atoms with E-state index in [1.54, 1.807) is 32.9 Å². The second-order valence-electron chi connectivity index (χ2n) is 19.8. The highest BCUT2D eigenvalue weighted by Gasteiger charge is 2.62. The lowest BCUT2D eigenvalue weighted by Crippen LogP contribution is -2.50. The quantitative estimate of drug-likeness (QED) is 0.153. The van der Waals surface area contributed by atoms with Crippen LogP contribution in [0.5, 0.6) is 11.5 Å². The van der Waals surface area contributed by atoms with Crippen LogP contribution in [0, 0.1) is 59.2 Å². The number of aryl methyl sites for hydroxylation is 2. The van der Waals surface area contributed by atoms with Crippen LogP contribution < -0.4 is 14.8 Å². The maximum atomic E-state index is 13.8. The van der Waals surface area contributed by atoms with Gasteiger partial charge in [-0.05, 0) is 180 Å². The fraction of sp³-hybridized carbons (Fsp3) is 0.612. The van der Waals surface area contributed by atoms with Crippen LogP contribution in [0.4, 0.5) is 4.79 Å². The van der Waals surface area contributed by atoms with Gasteiger partial charge in [0.25, 0.3) is 0 Å². The molecule has 9 nitrogen and oxygen atoms in total. The highest BCUT2D eigenvalue weighted by molar-refractivity contribution is 5.88. The van der Waals surface area contributed by atoms with Crippen molar-refractivity contribution in [2.24, 2.45) is 34.5 Å². The van der Waals surface area contributed by atoms with Crippen molar-refractivity contribution in [1.82, 2.24) is 5.32 Å². The zero-order valence-corrected chi connectivity index (χ0v) is 34.7. The van der Waals surface area contributed by atoms with Crippen molar-refractivity contribution >= 4 is 18.0 Å². The number of amides is 1. The summed E-state index contributed by atoms with van der Waals surface area (Å²) < 4.78 is 17.1. The molecular weight excluding hydrogens is 731 g/mol. The molecule has 11 atom stereocenters. The Kier molecular flexibility index (Phi) is 10.1. The van der Waals surface area contributed by atoms with Crippen molar-refractivity contribution in [1.29, 1.82) is 0 Å². The number of benzene rings is 2. The fourth-order valence-corrected chi connectivity index (χ4v) is 12.9. The number of terminal acetylenes is 2. The molecule has 6 aliphatic carbocycles. The summed E-state index contributed by atoms with van der Waals surface area (Å²) in [6.45, 7) is 9.49. The molecule has 8 rings (SSSR count). The van der Waals surface area contributed by atoms with Gasteiger partial charge in [0.15, 0.2) is 0 Å². The summed E-state index contributed by atoms with van der Waals surface area (Å²) in [5.74, 6) is 6.99. The normalized spacial score (nSPS) is 36.2. The van der Waals surface area contributed by atoms with Gasteiger partial charge in [-0.15, -0.1) is 12.8 Å². The van der Waals surface area contributed by atoms with Gasteiger partial charge in [0.2, 0.25) is 0 Å². The highest BCUT2D eigenvalue weighted by atomic mass is 16.6. The van der Waals surface area contributed by atoms with Crippen LogP contribution in [0.1, 0.15) is 139 Å². The number of alkyl carbamates (subject to hydrolysis) is 1. The third-order valence-corrected chi connectivity index (χ3v) is 16.0. The number of nitrogens with one attached hydrogen (secondary N) is 1. The molecule has 2 aromatic carbocycles. The van der Waals surface area contributed by atoms with Crippen LogP contribution in [0.2, 0.25) is 0 Å². The maximum Gasteiger partial charge on any atom is 0.408 e. The molecule has 0 aliphatic heterocycles. The number of rotatable bonds is 6. The number of carbonyl (C=O) groups excluding carboxylic acids is 3. The van der Waals surface area contributed by atoms with E-state index >= 15 is 0 Å². The minimum absolute atomic E-state index is 0.281. The predicted octanol–water partition coefficient (Wildman–Crippen LogP) is 7.92. The molecule has 308 valence electrons. The molecule has 4 fully saturated rings. The van der Waals surface area contributed by atoms with Crippen molar-refractivity contribution in [3.63, 3.8) is 0 Å². The molecule has 2 aromatic rings. The van der Waals surface area contributed by atoms with Gasteiger partial charge in [0, 0.05) is 10.8 Å². The van der Waals surface area contributed by atoms with Crippen molar-refractivity contribution in [3.05, 3.63) is 58.7 Å². The molecule has 4 saturated carbocycles. The summed E-state index contributed by atoms with van der Waals surface area (Å²) in [6.07, 6.45) is 20.7. The van der Waals surface area contributed by atoms with E-state index in [0.29, 0.717) is 59.8 Å². The maximum absolute atomic E-state index is 13.8. The zero-order chi connectivity index (χ0) is 41.4. The summed E-state index contributed by atoms with van der Waals surface area (Å²) in [5, 5.41) is 25.2. The van der Waals surface area contributed by atoms with Crippen LogP contribution in [0.15, 0.2) is 36.4 Å². The lowest BCUT2D eigenvalue weighted by atomic mass is 9.53. The minimum Gasteiger partial charge on any atom is -0.444 e. The molecule has 0 radical (unpaired) electrons. The molecule has 7 unspecified atom stereocenters. The number of fused-ring (bicyclic) bond motifs is 10. The monoisotopic (exact) mass is 789 g/mol. The van der Waals surface area contributed by atoms with Crippen molar-refractivity contribution in [2.75, 3.05) is 0 Å². The summed E-state index contributed by atoms with van der Waals surface area (Å²) in [7, 11) is 0. The molecule has 0 bridgehead atoms. The second kappa shape index (κ2) is 14.5. The Morgan fingerprint density at radius 3 is 1.71 bits per heavy atom. The van der Waals surface area contributed by atoms with Gasteiger partial charge in [-0.25, -0.2) is 9.59 Å². The van der Waals surface area contributed by atoms with Gasteiger partial charge >= 0.3 is 18.0 Å². The van der Waals surface area contributed by atoms with E-state index in [0.717, 1.165) is 75.3 Å². The number of hydrogen-bond acceptors (Lipinski definition) is 8. The van der Waals surface area contributed by atoms with Crippen LogP contribution in [-0.4, -0.2) is 51.1 Å². The average molecular weight is 790 g/mol. The van der Waals surface area contributed by atoms with E-state index in [4.69, 9.17) is 27.1 Å². The summed E-state index contributed by atoms with van der Waals surface area (Å²) in [4.78, 5) is 40.2. The fourth-order valence-electron chi connectivity index (χ4n) is 12.9. The Hall–Kier alpha value is -4.31. The van der Waals surface area contributed by atoms with E-state index in [-0.39, 0.29) is 10.8 Å². The van der Waals surface area contributed by atoms with Crippen molar-refractivity contribution in [2.45, 2.75) is 153 Å². The predicted molar refractivity (Wildman–Crippen MR) is 219 cm³/mol. The third kappa shape index (κ3) is 6.71. The molecule has 0 spiro atoms. The Labute approximate surface area is 343 Å². The smallest absolute Gasteiger partial charge is 0.408 e. The summed E-state index contributed by atoms with van der Waals surface area (Å²) >= 11 is 0. The Morgan fingerprint density at radius 2 is 1.24 bits per heavy atom. The Morgan fingerprint density at radius 1 is 0.759 bits per heavy atom. The lowest BCUT2D eigenvalue weighted by Gasteiger charge is -2.52. The largest absolute Gasteiger partial charge is 0.444 e. The molecule has 1 amide bonds. The van der Waals surface area contributed by atoms with Crippen LogP contribution >= 0.6 is 0 Å². The Bertz CT molecular complexity index is 2090. The molecular formula is C49H59NO8. The molecule has 9 heteroatoms. The van der Waals surface area contributed by atoms with E-state index in [2.05, 4.69) is 37.1 Å². The third-order valence-electron chi connectivity index (χ3n) is 16.0. The first-order valence-electron chi connectivity index (χ1n) is 21.5. The molecule has 0 aromatic heterocycles. The van der Waals surface area contributed by atoms with E-state index in [1.807, 2.05) is 18.2 Å². The topological polar surface area (TPSA) is 131 Å². The SMILES string of the molecule is C#C[C@]1(O)CCC2C3CCc4cc(OC(=O)CC(NC(=O)OC(C)(C)C)C(=O)Oc5ccc6c(c5)CCC5C6CC[C@@]6(C)C5CC[C@@]6(O)C#C)ccc4C3CC[C@@]21C. The van der Waals surface area contributed by atoms with E-state index in [9.17, 15) is 24.6 Å². The Balaban J connectivity index is 0.942. The van der Waals surface area contributed by atoms with Crippen molar-refractivity contribution in [3.8, 4) is 36.2 Å². The molecule has 0 heterocycles. The molecule has 0 saturated heterocycles. The number of hydrogen-bond donors (Lipinski definition) is 3. The summed E-state index contributed by atoms with van der Waals surface area (Å²) in [6, 6.07) is 10.1. The van der Waals surface area contributed by atoms with Gasteiger partial charge in [-0.1, -0.05) is 37.8 Å². The minimum atomic E-state index is -1.36. The van der Waals surface area contributed by atoms with Gasteiger partial charge in [-0.3, -0.25) is 4.79 Å². The number of carbonyl (C=O) groups is 3. The molecule has 58 heavy (non-hydrogen) atoms.